The first-order valence-corrected chi connectivity index (χ1v) is 18.4. The van der Waals surface area contributed by atoms with Crippen molar-refractivity contribution in [3.8, 4) is 46.0 Å². The van der Waals surface area contributed by atoms with E-state index in [1.54, 1.807) is 80.6 Å². The van der Waals surface area contributed by atoms with Gasteiger partial charge >= 0.3 is 23.9 Å². The SMILES string of the molecule is CCC(OC(=O)CCCl)(Oc1ccc(Oc2ccccc2)cc1)Oc1cccc(OC(CC)(OC(=O)CCCl)Oc2ccc(Oc3ccccc3)cc2)c1. The van der Waals surface area contributed by atoms with Crippen LogP contribution in [0.4, 0.5) is 0 Å². The van der Waals surface area contributed by atoms with E-state index in [1.807, 2.05) is 60.7 Å². The van der Waals surface area contributed by atoms with Gasteiger partial charge in [0.2, 0.25) is 0 Å². The Kier molecular flexibility index (Phi) is 14.3. The van der Waals surface area contributed by atoms with Crippen molar-refractivity contribution in [1.82, 2.24) is 0 Å². The van der Waals surface area contributed by atoms with E-state index in [9.17, 15) is 9.59 Å². The van der Waals surface area contributed by atoms with E-state index in [2.05, 4.69) is 0 Å². The zero-order chi connectivity index (χ0) is 38.2. The number of benzene rings is 5. The molecule has 12 heteroatoms. The summed E-state index contributed by atoms with van der Waals surface area (Å²) in [6, 6.07) is 38.7. The van der Waals surface area contributed by atoms with Crippen molar-refractivity contribution in [3.05, 3.63) is 133 Å². The number of para-hydroxylation sites is 2. The highest BCUT2D eigenvalue weighted by Gasteiger charge is 2.41. The Morgan fingerprint density at radius 2 is 0.759 bits per heavy atom. The van der Waals surface area contributed by atoms with Gasteiger partial charge in [-0.05, 0) is 84.9 Å². The number of hydrogen-bond donors (Lipinski definition) is 0. The fraction of sp³-hybridized carbons (Fsp3) is 0.238. The maximum atomic E-state index is 12.8. The third kappa shape index (κ3) is 11.7. The van der Waals surface area contributed by atoms with Crippen LogP contribution in [0.3, 0.4) is 0 Å². The van der Waals surface area contributed by atoms with Gasteiger partial charge in [0.25, 0.3) is 0 Å². The predicted octanol–water partition coefficient (Wildman–Crippen LogP) is 10.7. The van der Waals surface area contributed by atoms with E-state index in [-0.39, 0.29) is 48.9 Å². The smallest absolute Gasteiger partial charge is 0.418 e. The van der Waals surface area contributed by atoms with Gasteiger partial charge in [0.05, 0.1) is 25.7 Å². The highest BCUT2D eigenvalue weighted by Crippen LogP contribution is 2.34. The normalized spacial score (nSPS) is 13.0. The highest BCUT2D eigenvalue weighted by atomic mass is 35.5. The van der Waals surface area contributed by atoms with Gasteiger partial charge in [-0.1, -0.05) is 56.3 Å². The Bertz CT molecular complexity index is 1770. The maximum Gasteiger partial charge on any atom is 0.418 e. The van der Waals surface area contributed by atoms with Crippen LogP contribution in [-0.2, 0) is 19.1 Å². The van der Waals surface area contributed by atoms with Gasteiger partial charge in [-0.2, -0.15) is 0 Å². The Morgan fingerprint density at radius 3 is 1.11 bits per heavy atom. The molecule has 0 aromatic heterocycles. The summed E-state index contributed by atoms with van der Waals surface area (Å²) in [5, 5.41) is 0. The Hall–Kier alpha value is -5.58. The molecule has 0 fully saturated rings. The second-order valence-corrected chi connectivity index (χ2v) is 12.3. The predicted molar refractivity (Wildman–Crippen MR) is 204 cm³/mol. The maximum absolute atomic E-state index is 12.8. The molecule has 0 spiro atoms. The van der Waals surface area contributed by atoms with Crippen molar-refractivity contribution in [1.29, 1.82) is 0 Å². The molecule has 282 valence electrons. The number of esters is 2. The molecule has 0 amide bonds. The number of rotatable bonds is 20. The van der Waals surface area contributed by atoms with E-state index in [0.29, 0.717) is 34.5 Å². The second-order valence-electron chi connectivity index (χ2n) is 11.6. The molecule has 54 heavy (non-hydrogen) atoms. The van der Waals surface area contributed by atoms with Crippen LogP contribution in [0.25, 0.3) is 0 Å². The van der Waals surface area contributed by atoms with Crippen LogP contribution in [-0.4, -0.2) is 35.6 Å². The molecule has 2 unspecified atom stereocenters. The summed E-state index contributed by atoms with van der Waals surface area (Å²) in [4.78, 5) is 25.6. The van der Waals surface area contributed by atoms with Crippen LogP contribution >= 0.6 is 23.2 Å². The van der Waals surface area contributed by atoms with Gasteiger partial charge in [-0.3, -0.25) is 9.59 Å². The van der Waals surface area contributed by atoms with Crippen molar-refractivity contribution < 1.29 is 47.5 Å². The molecular formula is C42H40Cl2O10. The van der Waals surface area contributed by atoms with E-state index in [4.69, 9.17) is 61.1 Å². The number of hydrogen-bond acceptors (Lipinski definition) is 10. The van der Waals surface area contributed by atoms with E-state index in [1.165, 1.54) is 6.07 Å². The standard InChI is InChI=1S/C42H40Cl2O10/c1-3-41(53-39(45)26-28-43,49-35-22-18-33(19-23-35)47-31-12-7-5-8-13-31)51-37-16-11-17-38(30-37)52-42(4-2,54-40(46)27-29-44)50-36-24-20-34(21-25-36)48-32-14-9-6-10-15-32/h5-25,30H,3-4,26-29H2,1-2H3. The minimum absolute atomic E-state index is 0.0395. The summed E-state index contributed by atoms with van der Waals surface area (Å²) in [5.41, 5.74) is 0. The van der Waals surface area contributed by atoms with Crippen LogP contribution in [0, 0.1) is 0 Å². The number of halogens is 2. The summed E-state index contributed by atoms with van der Waals surface area (Å²) in [6.45, 7) is 3.48. The number of carbonyl (C=O) groups is 2. The van der Waals surface area contributed by atoms with Crippen LogP contribution in [0.1, 0.15) is 39.5 Å². The molecule has 5 aromatic carbocycles. The molecule has 0 N–H and O–H groups in total. The lowest BCUT2D eigenvalue weighted by Gasteiger charge is -2.33. The van der Waals surface area contributed by atoms with E-state index in [0.717, 1.165) is 0 Å². The van der Waals surface area contributed by atoms with Crippen molar-refractivity contribution in [2.24, 2.45) is 0 Å². The van der Waals surface area contributed by atoms with Gasteiger partial charge in [-0.25, -0.2) is 0 Å². The van der Waals surface area contributed by atoms with E-state index >= 15 is 0 Å². The van der Waals surface area contributed by atoms with Crippen molar-refractivity contribution >= 4 is 35.1 Å². The summed E-state index contributed by atoms with van der Waals surface area (Å²) in [6.07, 6.45) is 0.00560. The molecule has 0 radical (unpaired) electrons. The third-order valence-electron chi connectivity index (χ3n) is 7.51. The lowest BCUT2D eigenvalue weighted by Crippen LogP contribution is -2.47. The van der Waals surface area contributed by atoms with Crippen molar-refractivity contribution in [2.75, 3.05) is 11.8 Å². The summed E-state index contributed by atoms with van der Waals surface area (Å²) >= 11 is 11.7. The topological polar surface area (TPSA) is 108 Å². The molecule has 0 aliphatic heterocycles. The quantitative estimate of drug-likeness (QED) is 0.0431. The number of carbonyl (C=O) groups excluding carboxylic acids is 2. The Morgan fingerprint density at radius 1 is 0.444 bits per heavy atom. The van der Waals surface area contributed by atoms with Crippen LogP contribution in [0.5, 0.6) is 46.0 Å². The summed E-state index contributed by atoms with van der Waals surface area (Å²) in [7, 11) is 0. The molecule has 0 aliphatic carbocycles. The number of alkyl halides is 2. The van der Waals surface area contributed by atoms with Crippen molar-refractivity contribution in [2.45, 2.75) is 51.5 Å². The lowest BCUT2D eigenvalue weighted by molar-refractivity contribution is -0.288. The molecule has 10 nitrogen and oxygen atoms in total. The number of ether oxygens (including phenoxy) is 8. The second kappa shape index (κ2) is 19.5. The fourth-order valence-corrected chi connectivity index (χ4v) is 5.19. The lowest BCUT2D eigenvalue weighted by atomic mass is 10.3. The summed E-state index contributed by atoms with van der Waals surface area (Å²) in [5.74, 6) is -1.41. The molecule has 0 aliphatic rings. The van der Waals surface area contributed by atoms with Crippen molar-refractivity contribution in [3.63, 3.8) is 0 Å². The zero-order valence-corrected chi connectivity index (χ0v) is 31.3. The molecular weight excluding hydrogens is 735 g/mol. The van der Waals surface area contributed by atoms with Gasteiger partial charge in [0, 0.05) is 17.8 Å². The largest absolute Gasteiger partial charge is 0.457 e. The van der Waals surface area contributed by atoms with Gasteiger partial charge in [-0.15, -0.1) is 23.2 Å². The monoisotopic (exact) mass is 774 g/mol. The molecule has 0 bridgehead atoms. The molecule has 0 saturated carbocycles. The van der Waals surface area contributed by atoms with Crippen LogP contribution in [0.15, 0.2) is 133 Å². The summed E-state index contributed by atoms with van der Waals surface area (Å²) < 4.78 is 48.3. The minimum atomic E-state index is -1.90. The van der Waals surface area contributed by atoms with Crippen LogP contribution < -0.4 is 28.4 Å². The minimum Gasteiger partial charge on any atom is -0.457 e. The first kappa shape index (κ1) is 39.6. The average molecular weight is 776 g/mol. The molecule has 0 heterocycles. The average Bonchev–Trinajstić information content (AvgIpc) is 3.17. The first-order chi connectivity index (χ1) is 26.2. The highest BCUT2D eigenvalue weighted by molar-refractivity contribution is 6.19. The van der Waals surface area contributed by atoms with Gasteiger partial charge < -0.3 is 37.9 Å². The van der Waals surface area contributed by atoms with Gasteiger partial charge in [0.1, 0.15) is 46.0 Å². The van der Waals surface area contributed by atoms with Gasteiger partial charge in [0.15, 0.2) is 0 Å². The van der Waals surface area contributed by atoms with Crippen LogP contribution in [0.2, 0.25) is 0 Å². The fourth-order valence-electron chi connectivity index (χ4n) is 4.88. The Labute approximate surface area is 324 Å². The zero-order valence-electron chi connectivity index (χ0n) is 29.8. The molecule has 5 rings (SSSR count). The molecule has 0 saturated heterocycles. The third-order valence-corrected chi connectivity index (χ3v) is 7.88. The Balaban J connectivity index is 1.37. The molecule has 2 atom stereocenters. The van der Waals surface area contributed by atoms with E-state index < -0.39 is 23.9 Å². The molecule has 5 aromatic rings. The first-order valence-electron chi connectivity index (χ1n) is 17.3.